The number of ether oxygens (including phenoxy) is 1. The van der Waals surface area contributed by atoms with Crippen LogP contribution >= 0.6 is 0 Å². The van der Waals surface area contributed by atoms with Gasteiger partial charge in [-0.05, 0) is 32.3 Å². The molecule has 2 rings (SSSR count). The highest BCUT2D eigenvalue weighted by Crippen LogP contribution is 2.32. The summed E-state index contributed by atoms with van der Waals surface area (Å²) in [5.74, 6) is -0.301. The first-order valence-electron chi connectivity index (χ1n) is 6.82. The largest absolute Gasteiger partial charge is 0.464 e. The Hall–Kier alpha value is -2.11. The van der Waals surface area contributed by atoms with Gasteiger partial charge in [0.05, 0.1) is 11.5 Å². The van der Waals surface area contributed by atoms with Gasteiger partial charge in [0.2, 0.25) is 0 Å². The molecule has 108 valence electrons. The number of nitrogens with zero attached hydrogens (tertiary/aromatic N) is 2. The molecule has 20 heavy (non-hydrogen) atoms. The summed E-state index contributed by atoms with van der Waals surface area (Å²) < 4.78 is 5.08. The maximum atomic E-state index is 12.0. The van der Waals surface area contributed by atoms with Crippen molar-refractivity contribution in [2.75, 3.05) is 18.1 Å². The van der Waals surface area contributed by atoms with Gasteiger partial charge in [-0.3, -0.25) is 10.1 Å². The van der Waals surface area contributed by atoms with Gasteiger partial charge in [-0.15, -0.1) is 0 Å². The van der Waals surface area contributed by atoms with Crippen molar-refractivity contribution in [1.82, 2.24) is 0 Å². The monoisotopic (exact) mass is 278 g/mol. The van der Waals surface area contributed by atoms with E-state index in [2.05, 4.69) is 0 Å². The van der Waals surface area contributed by atoms with Gasteiger partial charge in [0.1, 0.15) is 11.7 Å². The van der Waals surface area contributed by atoms with E-state index in [4.69, 9.17) is 4.74 Å². The number of hydrogen-bond acceptors (Lipinski definition) is 5. The fourth-order valence-electron chi connectivity index (χ4n) is 2.56. The number of hydrogen-bond donors (Lipinski definition) is 0. The van der Waals surface area contributed by atoms with E-state index in [-0.39, 0.29) is 11.7 Å². The molecular weight excluding hydrogens is 260 g/mol. The number of carbonyl (C=O) groups is 1. The Labute approximate surface area is 117 Å². The molecule has 1 aromatic rings. The molecule has 1 aromatic carbocycles. The number of nitro benzene ring substituents is 1. The van der Waals surface area contributed by atoms with E-state index in [1.54, 1.807) is 30.0 Å². The van der Waals surface area contributed by atoms with Crippen LogP contribution in [0.1, 0.15) is 26.2 Å². The number of anilines is 1. The lowest BCUT2D eigenvalue weighted by atomic mass is 10.0. The van der Waals surface area contributed by atoms with Gasteiger partial charge in [0.15, 0.2) is 0 Å². The van der Waals surface area contributed by atoms with Crippen LogP contribution in [0.5, 0.6) is 0 Å². The average molecular weight is 278 g/mol. The second-order valence-corrected chi connectivity index (χ2v) is 4.70. The number of rotatable bonds is 4. The van der Waals surface area contributed by atoms with Crippen LogP contribution in [0.25, 0.3) is 0 Å². The molecule has 1 atom stereocenters. The highest BCUT2D eigenvalue weighted by Gasteiger charge is 2.33. The van der Waals surface area contributed by atoms with E-state index in [9.17, 15) is 14.9 Å². The molecule has 0 aliphatic carbocycles. The van der Waals surface area contributed by atoms with E-state index >= 15 is 0 Å². The minimum absolute atomic E-state index is 0.0312. The standard InChI is InChI=1S/C14H18N2O4/c1-2-20-14(17)13-9-5-6-10-15(13)11-7-3-4-8-12(11)16(18)19/h3-4,7-8,13H,2,5-6,9-10H2,1H3/t13-/m1/s1. The van der Waals surface area contributed by atoms with Gasteiger partial charge in [0.25, 0.3) is 5.69 Å². The summed E-state index contributed by atoms with van der Waals surface area (Å²) in [6, 6.07) is 6.11. The van der Waals surface area contributed by atoms with Gasteiger partial charge in [-0.25, -0.2) is 4.79 Å². The van der Waals surface area contributed by atoms with E-state index in [1.807, 2.05) is 0 Å². The number of piperidine rings is 1. The fraction of sp³-hybridized carbons (Fsp3) is 0.500. The highest BCUT2D eigenvalue weighted by atomic mass is 16.6. The molecule has 1 heterocycles. The predicted molar refractivity (Wildman–Crippen MR) is 74.7 cm³/mol. The maximum absolute atomic E-state index is 12.0. The number of carbonyl (C=O) groups excluding carboxylic acids is 1. The zero-order valence-corrected chi connectivity index (χ0v) is 11.4. The first kappa shape index (κ1) is 14.3. The second kappa shape index (κ2) is 6.36. The summed E-state index contributed by atoms with van der Waals surface area (Å²) in [5.41, 5.74) is 0.527. The van der Waals surface area contributed by atoms with Crippen LogP contribution in [0.2, 0.25) is 0 Å². The van der Waals surface area contributed by atoms with E-state index in [1.165, 1.54) is 6.07 Å². The van der Waals surface area contributed by atoms with Crippen LogP contribution in [0, 0.1) is 10.1 Å². The first-order chi connectivity index (χ1) is 9.65. The molecule has 0 bridgehead atoms. The number of esters is 1. The summed E-state index contributed by atoms with van der Waals surface area (Å²) in [6.45, 7) is 2.71. The fourth-order valence-corrected chi connectivity index (χ4v) is 2.56. The van der Waals surface area contributed by atoms with Crippen LogP contribution in [0.4, 0.5) is 11.4 Å². The van der Waals surface area contributed by atoms with Crippen molar-refractivity contribution in [3.63, 3.8) is 0 Å². The van der Waals surface area contributed by atoms with Crippen molar-refractivity contribution < 1.29 is 14.5 Å². The maximum Gasteiger partial charge on any atom is 0.328 e. The Morgan fingerprint density at radius 3 is 2.90 bits per heavy atom. The van der Waals surface area contributed by atoms with Gasteiger partial charge in [0, 0.05) is 12.6 Å². The summed E-state index contributed by atoms with van der Waals surface area (Å²) in [7, 11) is 0. The lowest BCUT2D eigenvalue weighted by Crippen LogP contribution is -2.45. The summed E-state index contributed by atoms with van der Waals surface area (Å²) in [6.07, 6.45) is 2.52. The zero-order chi connectivity index (χ0) is 14.5. The van der Waals surface area contributed by atoms with Crippen LogP contribution in [0.15, 0.2) is 24.3 Å². The topological polar surface area (TPSA) is 72.7 Å². The average Bonchev–Trinajstić information content (AvgIpc) is 2.47. The molecule has 6 nitrogen and oxygen atoms in total. The third-order valence-electron chi connectivity index (χ3n) is 3.45. The van der Waals surface area contributed by atoms with E-state index in [0.717, 1.165) is 12.8 Å². The molecule has 1 saturated heterocycles. The van der Waals surface area contributed by atoms with Gasteiger partial charge in [-0.1, -0.05) is 12.1 Å². The smallest absolute Gasteiger partial charge is 0.328 e. The number of para-hydroxylation sites is 2. The first-order valence-corrected chi connectivity index (χ1v) is 6.82. The van der Waals surface area contributed by atoms with Crippen molar-refractivity contribution in [1.29, 1.82) is 0 Å². The summed E-state index contributed by atoms with van der Waals surface area (Å²) in [5, 5.41) is 11.1. The SMILES string of the molecule is CCOC(=O)[C@H]1CCCCN1c1ccccc1[N+](=O)[O-]. The lowest BCUT2D eigenvalue weighted by molar-refractivity contribution is -0.384. The zero-order valence-electron chi connectivity index (χ0n) is 11.4. The summed E-state index contributed by atoms with van der Waals surface area (Å²) >= 11 is 0. The predicted octanol–water partition coefficient (Wildman–Crippen LogP) is 2.52. The minimum atomic E-state index is -0.426. The quantitative estimate of drug-likeness (QED) is 0.480. The second-order valence-electron chi connectivity index (χ2n) is 4.70. The molecule has 0 aromatic heterocycles. The molecule has 6 heteroatoms. The highest BCUT2D eigenvalue weighted by molar-refractivity contribution is 5.82. The molecular formula is C14H18N2O4. The normalized spacial score (nSPS) is 18.6. The molecule has 0 N–H and O–H groups in total. The third kappa shape index (κ3) is 2.89. The number of benzene rings is 1. The van der Waals surface area contributed by atoms with Crippen molar-refractivity contribution in [3.05, 3.63) is 34.4 Å². The van der Waals surface area contributed by atoms with Crippen molar-refractivity contribution in [2.24, 2.45) is 0 Å². The Bertz CT molecular complexity index is 504. The van der Waals surface area contributed by atoms with Gasteiger partial charge in [-0.2, -0.15) is 0 Å². The van der Waals surface area contributed by atoms with Crippen molar-refractivity contribution in [3.8, 4) is 0 Å². The lowest BCUT2D eigenvalue weighted by Gasteiger charge is -2.35. The van der Waals surface area contributed by atoms with Crippen molar-refractivity contribution >= 4 is 17.3 Å². The minimum Gasteiger partial charge on any atom is -0.464 e. The molecule has 1 aliphatic heterocycles. The van der Waals surface area contributed by atoms with Crippen LogP contribution in [-0.2, 0) is 9.53 Å². The molecule has 0 unspecified atom stereocenters. The van der Waals surface area contributed by atoms with Crippen molar-refractivity contribution in [2.45, 2.75) is 32.2 Å². The van der Waals surface area contributed by atoms with E-state index in [0.29, 0.717) is 25.3 Å². The number of nitro groups is 1. The summed E-state index contributed by atoms with van der Waals surface area (Å²) in [4.78, 5) is 24.6. The van der Waals surface area contributed by atoms with Gasteiger partial charge >= 0.3 is 5.97 Å². The van der Waals surface area contributed by atoms with Crippen LogP contribution < -0.4 is 4.90 Å². The molecule has 0 spiro atoms. The Kier molecular flexibility index (Phi) is 4.55. The Morgan fingerprint density at radius 1 is 1.45 bits per heavy atom. The molecule has 0 radical (unpaired) electrons. The Morgan fingerprint density at radius 2 is 2.20 bits per heavy atom. The Balaban J connectivity index is 2.33. The van der Waals surface area contributed by atoms with Gasteiger partial charge < -0.3 is 9.64 Å². The van der Waals surface area contributed by atoms with E-state index < -0.39 is 11.0 Å². The third-order valence-corrected chi connectivity index (χ3v) is 3.45. The molecule has 1 fully saturated rings. The van der Waals surface area contributed by atoms with Crippen LogP contribution in [-0.4, -0.2) is 30.1 Å². The molecule has 0 saturated carbocycles. The van der Waals surface area contributed by atoms with Crippen LogP contribution in [0.3, 0.4) is 0 Å². The molecule has 0 amide bonds. The molecule has 1 aliphatic rings.